The lowest BCUT2D eigenvalue weighted by molar-refractivity contribution is 0.267. The van der Waals surface area contributed by atoms with E-state index in [2.05, 4.69) is 33.2 Å². The summed E-state index contributed by atoms with van der Waals surface area (Å²) in [4.78, 5) is 0. The minimum absolute atomic E-state index is 0.376. The molecule has 0 bridgehead atoms. The van der Waals surface area contributed by atoms with Crippen LogP contribution in [0.2, 0.25) is 0 Å². The van der Waals surface area contributed by atoms with Gasteiger partial charge in [0.2, 0.25) is 0 Å². The molecule has 0 unspecified atom stereocenters. The Hall–Kier alpha value is -1.88. The molecule has 5 heteroatoms. The Morgan fingerprint density at radius 3 is 2.80 bits per heavy atom. The summed E-state index contributed by atoms with van der Waals surface area (Å²) in [5.74, 6) is 0.915. The minimum Gasteiger partial charge on any atom is -0.486 e. The molecular formula is C15H21N3O2. The van der Waals surface area contributed by atoms with Gasteiger partial charge in [0.1, 0.15) is 23.7 Å². The van der Waals surface area contributed by atoms with Crippen molar-refractivity contribution in [2.24, 2.45) is 0 Å². The van der Waals surface area contributed by atoms with E-state index in [4.69, 9.17) is 4.74 Å². The number of rotatable bonds is 7. The van der Waals surface area contributed by atoms with Gasteiger partial charge in [-0.05, 0) is 32.4 Å². The van der Waals surface area contributed by atoms with E-state index in [1.807, 2.05) is 26.0 Å². The van der Waals surface area contributed by atoms with Crippen LogP contribution in [0.15, 0.2) is 22.8 Å². The Kier molecular flexibility index (Phi) is 5.12. The van der Waals surface area contributed by atoms with Gasteiger partial charge in [0.25, 0.3) is 0 Å². The molecule has 0 atom stereocenters. The third-order valence-corrected chi connectivity index (χ3v) is 3.14. The highest BCUT2D eigenvalue weighted by Gasteiger charge is 2.10. The zero-order chi connectivity index (χ0) is 14.4. The van der Waals surface area contributed by atoms with Crippen LogP contribution in [0, 0.1) is 13.8 Å². The first-order valence-electron chi connectivity index (χ1n) is 6.92. The number of aromatic nitrogens is 2. The van der Waals surface area contributed by atoms with E-state index in [0.29, 0.717) is 6.61 Å². The molecule has 0 spiro atoms. The number of hydrogen-bond donors (Lipinski definition) is 1. The molecular weight excluding hydrogens is 254 g/mol. The van der Waals surface area contributed by atoms with Crippen LogP contribution >= 0.6 is 0 Å². The van der Waals surface area contributed by atoms with Gasteiger partial charge in [-0.2, -0.15) is 0 Å². The molecule has 0 saturated carbocycles. The molecule has 1 heterocycles. The zero-order valence-corrected chi connectivity index (χ0v) is 12.3. The van der Waals surface area contributed by atoms with Crippen molar-refractivity contribution in [3.63, 3.8) is 0 Å². The first-order chi connectivity index (χ1) is 9.72. The molecule has 0 aliphatic rings. The van der Waals surface area contributed by atoms with Crippen molar-refractivity contribution in [3.8, 4) is 5.75 Å². The Morgan fingerprint density at radius 2 is 2.10 bits per heavy atom. The summed E-state index contributed by atoms with van der Waals surface area (Å²) in [6.07, 6.45) is 1.12. The molecule has 1 aromatic heterocycles. The van der Waals surface area contributed by atoms with Crippen LogP contribution in [0.1, 0.15) is 35.9 Å². The maximum absolute atomic E-state index is 5.92. The average molecular weight is 275 g/mol. The first-order valence-corrected chi connectivity index (χ1v) is 6.92. The molecule has 2 rings (SSSR count). The minimum atomic E-state index is 0.376. The van der Waals surface area contributed by atoms with Gasteiger partial charge in [0.15, 0.2) is 0 Å². The largest absolute Gasteiger partial charge is 0.486 e. The smallest absolute Gasteiger partial charge is 0.145 e. The van der Waals surface area contributed by atoms with Crippen LogP contribution in [-0.4, -0.2) is 16.9 Å². The van der Waals surface area contributed by atoms with Gasteiger partial charge in [-0.1, -0.05) is 35.4 Å². The Bertz CT molecular complexity index is 552. The number of benzene rings is 1. The topological polar surface area (TPSA) is 60.2 Å². The Morgan fingerprint density at radius 1 is 1.25 bits per heavy atom. The molecule has 108 valence electrons. The highest BCUT2D eigenvalue weighted by Crippen LogP contribution is 2.24. The van der Waals surface area contributed by atoms with E-state index in [1.54, 1.807) is 0 Å². The van der Waals surface area contributed by atoms with Gasteiger partial charge in [-0.15, -0.1) is 0 Å². The van der Waals surface area contributed by atoms with Crippen molar-refractivity contribution in [3.05, 3.63) is 40.7 Å². The average Bonchev–Trinajstić information content (AvgIpc) is 2.84. The van der Waals surface area contributed by atoms with E-state index in [9.17, 15) is 0 Å². The maximum Gasteiger partial charge on any atom is 0.145 e. The monoisotopic (exact) mass is 275 g/mol. The Labute approximate surface area is 119 Å². The molecule has 0 amide bonds. The predicted octanol–water partition coefficient (Wildman–Crippen LogP) is 2.77. The summed E-state index contributed by atoms with van der Waals surface area (Å²) < 4.78 is 10.6. The standard InChI is InChI=1S/C15H21N3O2/c1-4-8-16-9-13-7-5-6-11(2)15(13)19-10-14-12(3)17-20-18-14/h5-7,16H,4,8-10H2,1-3H3. The fourth-order valence-electron chi connectivity index (χ4n) is 1.98. The summed E-state index contributed by atoms with van der Waals surface area (Å²) in [5, 5.41) is 11.0. The van der Waals surface area contributed by atoms with E-state index in [-0.39, 0.29) is 0 Å². The molecule has 0 fully saturated rings. The third-order valence-electron chi connectivity index (χ3n) is 3.14. The normalized spacial score (nSPS) is 10.8. The fourth-order valence-corrected chi connectivity index (χ4v) is 1.98. The van der Waals surface area contributed by atoms with Crippen molar-refractivity contribution in [1.29, 1.82) is 0 Å². The van der Waals surface area contributed by atoms with Gasteiger partial charge < -0.3 is 10.1 Å². The molecule has 1 aromatic carbocycles. The highest BCUT2D eigenvalue weighted by molar-refractivity contribution is 5.40. The second kappa shape index (κ2) is 7.05. The van der Waals surface area contributed by atoms with Gasteiger partial charge in [0.05, 0.1) is 0 Å². The fraction of sp³-hybridized carbons (Fsp3) is 0.467. The van der Waals surface area contributed by atoms with Gasteiger partial charge >= 0.3 is 0 Å². The number of ether oxygens (including phenoxy) is 1. The van der Waals surface area contributed by atoms with Crippen molar-refractivity contribution < 1.29 is 9.37 Å². The maximum atomic E-state index is 5.92. The summed E-state index contributed by atoms with van der Waals surface area (Å²) >= 11 is 0. The number of hydrogen-bond acceptors (Lipinski definition) is 5. The molecule has 0 saturated heterocycles. The summed E-state index contributed by atoms with van der Waals surface area (Å²) in [6, 6.07) is 6.18. The van der Waals surface area contributed by atoms with Gasteiger partial charge in [-0.3, -0.25) is 0 Å². The number of nitrogens with one attached hydrogen (secondary N) is 1. The van der Waals surface area contributed by atoms with Crippen molar-refractivity contribution in [2.45, 2.75) is 40.3 Å². The number of aryl methyl sites for hydroxylation is 2. The van der Waals surface area contributed by atoms with Crippen molar-refractivity contribution in [1.82, 2.24) is 15.6 Å². The van der Waals surface area contributed by atoms with Gasteiger partial charge in [0, 0.05) is 12.1 Å². The Balaban J connectivity index is 2.07. The molecule has 5 nitrogen and oxygen atoms in total. The van der Waals surface area contributed by atoms with E-state index in [0.717, 1.165) is 47.8 Å². The summed E-state index contributed by atoms with van der Waals surface area (Å²) in [6.45, 7) is 8.24. The SMILES string of the molecule is CCCNCc1cccc(C)c1OCc1nonc1C. The molecule has 2 aromatic rings. The van der Waals surface area contributed by atoms with E-state index >= 15 is 0 Å². The highest BCUT2D eigenvalue weighted by atomic mass is 16.6. The van der Waals surface area contributed by atoms with E-state index < -0.39 is 0 Å². The van der Waals surface area contributed by atoms with Crippen LogP contribution in [0.4, 0.5) is 0 Å². The molecule has 0 aliphatic carbocycles. The number of para-hydroxylation sites is 1. The second-order valence-electron chi connectivity index (χ2n) is 4.82. The molecule has 1 N–H and O–H groups in total. The lowest BCUT2D eigenvalue weighted by Gasteiger charge is -2.14. The third kappa shape index (κ3) is 3.57. The van der Waals surface area contributed by atoms with Crippen LogP contribution < -0.4 is 10.1 Å². The quantitative estimate of drug-likeness (QED) is 0.787. The van der Waals surface area contributed by atoms with Crippen LogP contribution in [-0.2, 0) is 13.2 Å². The summed E-state index contributed by atoms with van der Waals surface area (Å²) in [5.41, 5.74) is 3.78. The lowest BCUT2D eigenvalue weighted by Crippen LogP contribution is -2.15. The van der Waals surface area contributed by atoms with Gasteiger partial charge in [-0.25, -0.2) is 4.63 Å². The van der Waals surface area contributed by atoms with Crippen molar-refractivity contribution >= 4 is 0 Å². The summed E-state index contributed by atoms with van der Waals surface area (Å²) in [7, 11) is 0. The molecule has 0 radical (unpaired) electrons. The van der Waals surface area contributed by atoms with Crippen LogP contribution in [0.25, 0.3) is 0 Å². The molecule has 0 aliphatic heterocycles. The first kappa shape index (κ1) is 14.5. The van der Waals surface area contributed by atoms with E-state index in [1.165, 1.54) is 0 Å². The second-order valence-corrected chi connectivity index (χ2v) is 4.82. The lowest BCUT2D eigenvalue weighted by atomic mass is 10.1. The predicted molar refractivity (Wildman–Crippen MR) is 76.5 cm³/mol. The zero-order valence-electron chi connectivity index (χ0n) is 12.3. The number of nitrogens with zero attached hydrogens (tertiary/aromatic N) is 2. The molecule has 20 heavy (non-hydrogen) atoms. The van der Waals surface area contributed by atoms with Crippen molar-refractivity contribution in [2.75, 3.05) is 6.54 Å². The van der Waals surface area contributed by atoms with Crippen LogP contribution in [0.3, 0.4) is 0 Å². The van der Waals surface area contributed by atoms with Crippen LogP contribution in [0.5, 0.6) is 5.75 Å².